The van der Waals surface area contributed by atoms with Crippen molar-refractivity contribution in [2.24, 2.45) is 0 Å². The molecule has 0 unspecified atom stereocenters. The highest BCUT2D eigenvalue weighted by Crippen LogP contribution is 2.35. The average molecular weight is 417 g/mol. The van der Waals surface area contributed by atoms with Crippen molar-refractivity contribution in [1.82, 2.24) is 9.88 Å². The molecule has 118 valence electrons. The third kappa shape index (κ3) is 4.30. The maximum absolute atomic E-state index is 8.93. The fourth-order valence-electron chi connectivity index (χ4n) is 3.02. The van der Waals surface area contributed by atoms with Crippen LogP contribution in [0, 0.1) is 11.3 Å². The summed E-state index contributed by atoms with van der Waals surface area (Å²) in [5.74, 6) is 0. The summed E-state index contributed by atoms with van der Waals surface area (Å²) in [4.78, 5) is 6.67. The van der Waals surface area contributed by atoms with Crippen LogP contribution in [0.2, 0.25) is 0 Å². The third-order valence-electron chi connectivity index (χ3n) is 4.50. The number of nitrogens with zero attached hydrogens (tertiary/aromatic N) is 3. The number of nitriles is 1. The van der Waals surface area contributed by atoms with Gasteiger partial charge in [-0.1, -0.05) is 52.9 Å². The van der Waals surface area contributed by atoms with Gasteiger partial charge in [-0.25, -0.2) is 0 Å². The second-order valence-electron chi connectivity index (χ2n) is 6.20. The van der Waals surface area contributed by atoms with Crippen molar-refractivity contribution < 1.29 is 0 Å². The lowest BCUT2D eigenvalue weighted by atomic mass is 9.93. The fourth-order valence-corrected chi connectivity index (χ4v) is 3.68. The van der Waals surface area contributed by atoms with Crippen molar-refractivity contribution >= 4 is 22.6 Å². The van der Waals surface area contributed by atoms with Crippen LogP contribution in [0.5, 0.6) is 0 Å². The number of halogens is 1. The molecule has 1 aromatic carbocycles. The van der Waals surface area contributed by atoms with E-state index in [2.05, 4.69) is 68.9 Å². The van der Waals surface area contributed by atoms with Gasteiger partial charge in [0.1, 0.15) is 0 Å². The van der Waals surface area contributed by atoms with Crippen molar-refractivity contribution in [3.63, 3.8) is 0 Å². The second-order valence-corrected chi connectivity index (χ2v) is 8.49. The Kier molecular flexibility index (Phi) is 5.29. The van der Waals surface area contributed by atoms with Crippen molar-refractivity contribution in [3.8, 4) is 17.2 Å². The predicted octanol–water partition coefficient (Wildman–Crippen LogP) is 4.43. The van der Waals surface area contributed by atoms with E-state index >= 15 is 0 Å². The summed E-state index contributed by atoms with van der Waals surface area (Å²) >= 11 is 2.49. The molecule has 0 aliphatic carbocycles. The van der Waals surface area contributed by atoms with Crippen LogP contribution in [0.1, 0.15) is 24.8 Å². The third-order valence-corrected chi connectivity index (χ3v) is 5.96. The minimum atomic E-state index is 0.188. The van der Waals surface area contributed by atoms with Gasteiger partial charge in [0.2, 0.25) is 0 Å². The van der Waals surface area contributed by atoms with Crippen LogP contribution in [0.15, 0.2) is 48.8 Å². The molecule has 0 N–H and O–H groups in total. The van der Waals surface area contributed by atoms with Crippen LogP contribution in [-0.4, -0.2) is 26.4 Å². The van der Waals surface area contributed by atoms with Crippen LogP contribution in [-0.2, 0) is 6.54 Å². The van der Waals surface area contributed by atoms with E-state index in [1.165, 1.54) is 11.1 Å². The fraction of sp³-hybridized carbons (Fsp3) is 0.368. The van der Waals surface area contributed by atoms with E-state index in [0.717, 1.165) is 38.0 Å². The number of aromatic nitrogens is 1. The van der Waals surface area contributed by atoms with Crippen LogP contribution in [0.3, 0.4) is 0 Å². The van der Waals surface area contributed by atoms with Gasteiger partial charge in [-0.05, 0) is 48.7 Å². The smallest absolute Gasteiger partial charge is 0.0635 e. The number of alkyl halides is 1. The van der Waals surface area contributed by atoms with Crippen LogP contribution >= 0.6 is 22.6 Å². The standard InChI is InChI=1S/C19H20IN3/c20-19(7-10-21)8-12-23(13-9-19)15-16-3-5-17(6-4-16)18-2-1-11-22-14-18/h1-6,11,14H,7-9,12-13,15H2. The zero-order valence-corrected chi connectivity index (χ0v) is 15.2. The van der Waals surface area contributed by atoms with Gasteiger partial charge in [-0.3, -0.25) is 9.88 Å². The molecule has 0 atom stereocenters. The number of likely N-dealkylation sites (tertiary alicyclic amines) is 1. The van der Waals surface area contributed by atoms with Gasteiger partial charge in [0, 0.05) is 28.8 Å². The largest absolute Gasteiger partial charge is 0.299 e. The highest BCUT2D eigenvalue weighted by molar-refractivity contribution is 14.1. The summed E-state index contributed by atoms with van der Waals surface area (Å²) in [6.07, 6.45) is 6.58. The molecular weight excluding hydrogens is 397 g/mol. The molecule has 0 saturated carbocycles. The molecule has 1 aromatic heterocycles. The lowest BCUT2D eigenvalue weighted by molar-refractivity contribution is 0.199. The molecule has 0 amide bonds. The molecule has 0 bridgehead atoms. The van der Waals surface area contributed by atoms with Gasteiger partial charge < -0.3 is 0 Å². The molecule has 1 aliphatic rings. The van der Waals surface area contributed by atoms with E-state index in [-0.39, 0.29) is 3.42 Å². The highest BCUT2D eigenvalue weighted by atomic mass is 127. The lowest BCUT2D eigenvalue weighted by Gasteiger charge is -2.36. The molecular formula is C19H20IN3. The minimum absolute atomic E-state index is 0.188. The molecule has 0 spiro atoms. The molecule has 23 heavy (non-hydrogen) atoms. The summed E-state index contributed by atoms with van der Waals surface area (Å²) in [6.45, 7) is 3.15. The van der Waals surface area contributed by atoms with Gasteiger partial charge in [-0.15, -0.1) is 0 Å². The maximum atomic E-state index is 8.93. The Morgan fingerprint density at radius 3 is 2.48 bits per heavy atom. The van der Waals surface area contributed by atoms with E-state index in [9.17, 15) is 0 Å². The Bertz CT molecular complexity index is 668. The minimum Gasteiger partial charge on any atom is -0.299 e. The number of hydrogen-bond acceptors (Lipinski definition) is 3. The molecule has 2 heterocycles. The quantitative estimate of drug-likeness (QED) is 0.546. The van der Waals surface area contributed by atoms with Crippen molar-refractivity contribution in [2.75, 3.05) is 13.1 Å². The molecule has 3 rings (SSSR count). The monoisotopic (exact) mass is 417 g/mol. The van der Waals surface area contributed by atoms with Crippen molar-refractivity contribution in [1.29, 1.82) is 5.26 Å². The normalized spacial score (nSPS) is 17.6. The Morgan fingerprint density at radius 2 is 1.87 bits per heavy atom. The van der Waals surface area contributed by atoms with Gasteiger partial charge >= 0.3 is 0 Å². The van der Waals surface area contributed by atoms with Crippen LogP contribution < -0.4 is 0 Å². The predicted molar refractivity (Wildman–Crippen MR) is 101 cm³/mol. The topological polar surface area (TPSA) is 39.9 Å². The molecule has 4 heteroatoms. The van der Waals surface area contributed by atoms with E-state index in [4.69, 9.17) is 5.26 Å². The maximum Gasteiger partial charge on any atom is 0.0635 e. The van der Waals surface area contributed by atoms with E-state index in [1.807, 2.05) is 12.3 Å². The summed E-state index contributed by atoms with van der Waals surface area (Å²) in [5.41, 5.74) is 3.71. The number of rotatable bonds is 4. The Balaban J connectivity index is 1.59. The Labute approximate surface area is 151 Å². The van der Waals surface area contributed by atoms with Gasteiger partial charge in [-0.2, -0.15) is 5.26 Å². The summed E-state index contributed by atoms with van der Waals surface area (Å²) in [5, 5.41) is 8.93. The van der Waals surface area contributed by atoms with Crippen LogP contribution in [0.25, 0.3) is 11.1 Å². The number of hydrogen-bond donors (Lipinski definition) is 0. The first-order chi connectivity index (χ1) is 11.2. The van der Waals surface area contributed by atoms with Gasteiger partial charge in [0.25, 0.3) is 0 Å². The van der Waals surface area contributed by atoms with Gasteiger partial charge in [0.05, 0.1) is 6.07 Å². The first-order valence-electron chi connectivity index (χ1n) is 7.96. The van der Waals surface area contributed by atoms with E-state index in [1.54, 1.807) is 6.20 Å². The zero-order chi connectivity index (χ0) is 16.1. The summed E-state index contributed by atoms with van der Waals surface area (Å²) < 4.78 is 0.188. The number of benzene rings is 1. The molecule has 0 radical (unpaired) electrons. The molecule has 3 nitrogen and oxygen atoms in total. The molecule has 1 aliphatic heterocycles. The Hall–Kier alpha value is -1.45. The SMILES string of the molecule is N#CCC1(I)CCN(Cc2ccc(-c3cccnc3)cc2)CC1. The first-order valence-corrected chi connectivity index (χ1v) is 9.04. The Morgan fingerprint density at radius 1 is 1.13 bits per heavy atom. The molecule has 2 aromatic rings. The second kappa shape index (κ2) is 7.41. The average Bonchev–Trinajstić information content (AvgIpc) is 2.59. The zero-order valence-electron chi connectivity index (χ0n) is 13.1. The summed E-state index contributed by atoms with van der Waals surface area (Å²) in [7, 11) is 0. The number of piperidine rings is 1. The van der Waals surface area contributed by atoms with Crippen molar-refractivity contribution in [2.45, 2.75) is 29.2 Å². The molecule has 1 fully saturated rings. The van der Waals surface area contributed by atoms with Crippen LogP contribution in [0.4, 0.5) is 0 Å². The number of pyridine rings is 1. The van der Waals surface area contributed by atoms with Gasteiger partial charge in [0.15, 0.2) is 0 Å². The first kappa shape index (κ1) is 16.4. The van der Waals surface area contributed by atoms with E-state index in [0.29, 0.717) is 6.42 Å². The lowest BCUT2D eigenvalue weighted by Crippen LogP contribution is -2.40. The van der Waals surface area contributed by atoms with Crippen molar-refractivity contribution in [3.05, 3.63) is 54.4 Å². The highest BCUT2D eigenvalue weighted by Gasteiger charge is 2.31. The molecule has 1 saturated heterocycles. The van der Waals surface area contributed by atoms with E-state index < -0.39 is 0 Å². The summed E-state index contributed by atoms with van der Waals surface area (Å²) in [6, 6.07) is 15.2.